The number of hydrogen-bond donors (Lipinski definition) is 3. The topological polar surface area (TPSA) is 151 Å². The third kappa shape index (κ3) is 6.52. The van der Waals surface area contributed by atoms with Crippen LogP contribution in [0.2, 0.25) is 0 Å². The number of hydrogen-bond acceptors (Lipinski definition) is 8. The summed E-state index contributed by atoms with van der Waals surface area (Å²) in [5, 5.41) is 1.45. The summed E-state index contributed by atoms with van der Waals surface area (Å²) in [5.74, 6) is 0.880. The van der Waals surface area contributed by atoms with E-state index >= 15 is 0 Å². The standard InChI is InChI=1S/C18H21N3O6S2/c1-26-17-5-3-13(11-15(17)19)7-9-28(22,23)21-29(24,25)10-8-14-4-6-18(27-2)16(20)12-14/h3-12,21H,19-20H2,1-2H3/b9-7-,10-8+. The number of sulfonamides is 2. The molecule has 0 heterocycles. The molecule has 0 aliphatic carbocycles. The number of nitrogen functional groups attached to an aromatic ring is 2. The minimum Gasteiger partial charge on any atom is -0.495 e. The maximum atomic E-state index is 12.1. The summed E-state index contributed by atoms with van der Waals surface area (Å²) in [6.45, 7) is 0. The minimum absolute atomic E-state index is 0.314. The zero-order valence-corrected chi connectivity index (χ0v) is 17.3. The molecule has 0 saturated heterocycles. The van der Waals surface area contributed by atoms with Gasteiger partial charge < -0.3 is 20.9 Å². The molecule has 0 aliphatic heterocycles. The summed E-state index contributed by atoms with van der Waals surface area (Å²) in [4.78, 5) is 0. The molecule has 2 aromatic carbocycles. The third-order valence-electron chi connectivity index (χ3n) is 3.62. The first-order valence-corrected chi connectivity index (χ1v) is 11.2. The predicted octanol–water partition coefficient (Wildman–Crippen LogP) is 1.76. The van der Waals surface area contributed by atoms with Crippen molar-refractivity contribution in [3.63, 3.8) is 0 Å². The van der Waals surface area contributed by atoms with Crippen LogP contribution in [0.3, 0.4) is 0 Å². The molecule has 2 aromatic rings. The van der Waals surface area contributed by atoms with Gasteiger partial charge in [0, 0.05) is 10.8 Å². The Morgan fingerprint density at radius 3 is 1.45 bits per heavy atom. The highest BCUT2D eigenvalue weighted by molar-refractivity contribution is 8.07. The SMILES string of the molecule is COc1ccc(/C=C\S(=O)(=O)NS(=O)(=O)/C=C/c2ccc(OC)c(N)c2)cc1N. The van der Waals surface area contributed by atoms with Crippen molar-refractivity contribution >= 4 is 43.6 Å². The van der Waals surface area contributed by atoms with Crippen molar-refractivity contribution in [2.45, 2.75) is 0 Å². The Hall–Kier alpha value is -3.02. The summed E-state index contributed by atoms with van der Waals surface area (Å²) < 4.78 is 59.9. The van der Waals surface area contributed by atoms with E-state index in [2.05, 4.69) is 0 Å². The van der Waals surface area contributed by atoms with Gasteiger partial charge in [-0.15, -0.1) is 4.13 Å². The molecule has 0 amide bonds. The molecule has 2 rings (SSSR count). The quantitative estimate of drug-likeness (QED) is 0.526. The van der Waals surface area contributed by atoms with Gasteiger partial charge in [-0.3, -0.25) is 0 Å². The van der Waals surface area contributed by atoms with Crippen molar-refractivity contribution in [1.82, 2.24) is 4.13 Å². The van der Waals surface area contributed by atoms with E-state index in [-0.39, 0.29) is 0 Å². The minimum atomic E-state index is -4.28. The Bertz CT molecular complexity index is 1060. The van der Waals surface area contributed by atoms with Crippen molar-refractivity contribution in [2.75, 3.05) is 25.7 Å². The van der Waals surface area contributed by atoms with Crippen molar-refractivity contribution < 1.29 is 26.3 Å². The lowest BCUT2D eigenvalue weighted by atomic mass is 10.2. The average molecular weight is 440 g/mol. The Morgan fingerprint density at radius 2 is 1.14 bits per heavy atom. The van der Waals surface area contributed by atoms with Gasteiger partial charge in [0.25, 0.3) is 0 Å². The van der Waals surface area contributed by atoms with Crippen LogP contribution < -0.4 is 25.1 Å². The monoisotopic (exact) mass is 439 g/mol. The van der Waals surface area contributed by atoms with Gasteiger partial charge >= 0.3 is 0 Å². The summed E-state index contributed by atoms with van der Waals surface area (Å²) in [6, 6.07) is 9.26. The van der Waals surface area contributed by atoms with E-state index in [4.69, 9.17) is 20.9 Å². The second-order valence-electron chi connectivity index (χ2n) is 5.78. The first kappa shape index (κ1) is 22.3. The molecule has 0 fully saturated rings. The van der Waals surface area contributed by atoms with Gasteiger partial charge in [-0.25, -0.2) is 16.8 Å². The highest BCUT2D eigenvalue weighted by Gasteiger charge is 2.15. The van der Waals surface area contributed by atoms with Gasteiger partial charge in [0.2, 0.25) is 20.0 Å². The Balaban J connectivity index is 2.13. The zero-order valence-electron chi connectivity index (χ0n) is 15.7. The largest absolute Gasteiger partial charge is 0.495 e. The van der Waals surface area contributed by atoms with Gasteiger partial charge in [-0.05, 0) is 47.5 Å². The van der Waals surface area contributed by atoms with Crippen molar-refractivity contribution in [2.24, 2.45) is 0 Å². The predicted molar refractivity (Wildman–Crippen MR) is 114 cm³/mol. The lowest BCUT2D eigenvalue weighted by Crippen LogP contribution is -2.26. The zero-order chi connectivity index (χ0) is 21.7. The molecular weight excluding hydrogens is 418 g/mol. The maximum Gasteiger partial charge on any atom is 0.246 e. The average Bonchev–Trinajstić information content (AvgIpc) is 2.64. The van der Waals surface area contributed by atoms with Crippen LogP contribution in [0, 0.1) is 0 Å². The third-order valence-corrected chi connectivity index (χ3v) is 6.47. The van der Waals surface area contributed by atoms with E-state index < -0.39 is 20.0 Å². The van der Waals surface area contributed by atoms with E-state index in [1.165, 1.54) is 38.5 Å². The molecule has 29 heavy (non-hydrogen) atoms. The van der Waals surface area contributed by atoms with Crippen molar-refractivity contribution in [1.29, 1.82) is 0 Å². The van der Waals surface area contributed by atoms with E-state index in [9.17, 15) is 16.8 Å². The van der Waals surface area contributed by atoms with Crippen LogP contribution in [0.1, 0.15) is 11.1 Å². The van der Waals surface area contributed by atoms with Gasteiger partial charge in [-0.1, -0.05) is 12.1 Å². The molecule has 0 unspecified atom stereocenters. The van der Waals surface area contributed by atoms with E-state index in [0.29, 0.717) is 34.0 Å². The summed E-state index contributed by atoms with van der Waals surface area (Å²) in [5.41, 5.74) is 13.0. The Kier molecular flexibility index (Phi) is 6.90. The highest BCUT2D eigenvalue weighted by atomic mass is 32.3. The lowest BCUT2D eigenvalue weighted by molar-refractivity contribution is 0.417. The smallest absolute Gasteiger partial charge is 0.246 e. The van der Waals surface area contributed by atoms with Crippen LogP contribution >= 0.6 is 0 Å². The number of nitrogens with two attached hydrogens (primary N) is 2. The molecule has 0 spiro atoms. The molecule has 0 bridgehead atoms. The van der Waals surface area contributed by atoms with Gasteiger partial charge in [0.05, 0.1) is 25.6 Å². The maximum absolute atomic E-state index is 12.1. The molecule has 0 radical (unpaired) electrons. The molecule has 5 N–H and O–H groups in total. The molecule has 156 valence electrons. The van der Waals surface area contributed by atoms with Crippen LogP contribution in [0.25, 0.3) is 12.2 Å². The van der Waals surface area contributed by atoms with Crippen molar-refractivity contribution in [3.8, 4) is 11.5 Å². The van der Waals surface area contributed by atoms with Gasteiger partial charge in [-0.2, -0.15) is 0 Å². The Labute approximate surface area is 169 Å². The fourth-order valence-corrected chi connectivity index (χ4v) is 4.68. The van der Waals surface area contributed by atoms with Crippen molar-refractivity contribution in [3.05, 3.63) is 58.3 Å². The molecular formula is C18H21N3O6S2. The van der Waals surface area contributed by atoms with Crippen LogP contribution in [0.5, 0.6) is 11.5 Å². The summed E-state index contributed by atoms with van der Waals surface area (Å²) in [6.07, 6.45) is 2.42. The number of nitrogens with one attached hydrogen (secondary N) is 1. The molecule has 0 saturated carbocycles. The van der Waals surface area contributed by atoms with E-state index in [0.717, 1.165) is 10.8 Å². The number of anilines is 2. The second kappa shape index (κ2) is 8.99. The van der Waals surface area contributed by atoms with Gasteiger partial charge in [0.15, 0.2) is 0 Å². The van der Waals surface area contributed by atoms with E-state index in [1.807, 2.05) is 0 Å². The van der Waals surface area contributed by atoms with Crippen LogP contribution in [-0.4, -0.2) is 31.1 Å². The number of ether oxygens (including phenoxy) is 2. The van der Waals surface area contributed by atoms with Crippen LogP contribution in [0.15, 0.2) is 47.2 Å². The molecule has 9 nitrogen and oxygen atoms in total. The first-order valence-electron chi connectivity index (χ1n) is 8.07. The molecule has 0 atom stereocenters. The lowest BCUT2D eigenvalue weighted by Gasteiger charge is -2.05. The number of benzene rings is 2. The Morgan fingerprint density at radius 1 is 0.759 bits per heavy atom. The molecule has 0 aliphatic rings. The van der Waals surface area contributed by atoms with Crippen LogP contribution in [-0.2, 0) is 20.0 Å². The highest BCUT2D eigenvalue weighted by Crippen LogP contribution is 2.23. The molecule has 11 heteroatoms. The summed E-state index contributed by atoms with van der Waals surface area (Å²) >= 11 is 0. The van der Waals surface area contributed by atoms with Gasteiger partial charge in [0.1, 0.15) is 11.5 Å². The second-order valence-corrected chi connectivity index (χ2v) is 9.17. The van der Waals surface area contributed by atoms with E-state index in [1.54, 1.807) is 28.4 Å². The fourth-order valence-electron chi connectivity index (χ4n) is 2.27. The van der Waals surface area contributed by atoms with Crippen LogP contribution in [0.4, 0.5) is 11.4 Å². The number of rotatable bonds is 8. The molecule has 0 aromatic heterocycles. The number of methoxy groups -OCH3 is 2. The first-order chi connectivity index (χ1) is 13.5. The normalized spacial score (nSPS) is 12.5. The fraction of sp³-hybridized carbons (Fsp3) is 0.111. The summed E-state index contributed by atoms with van der Waals surface area (Å²) in [7, 11) is -5.65.